The lowest BCUT2D eigenvalue weighted by atomic mass is 9.96. The Labute approximate surface area is 243 Å². The first-order valence-corrected chi connectivity index (χ1v) is 13.9. The quantitative estimate of drug-likeness (QED) is 0.0523. The van der Waals surface area contributed by atoms with Gasteiger partial charge >= 0.3 is 11.9 Å². The van der Waals surface area contributed by atoms with Gasteiger partial charge in [0.25, 0.3) is 11.6 Å². The van der Waals surface area contributed by atoms with Crippen LogP contribution in [0.4, 0.5) is 0 Å². The van der Waals surface area contributed by atoms with E-state index in [1.54, 1.807) is 36.4 Å². The summed E-state index contributed by atoms with van der Waals surface area (Å²) in [7, 11) is 0. The van der Waals surface area contributed by atoms with Crippen molar-refractivity contribution >= 4 is 23.5 Å². The predicted molar refractivity (Wildman–Crippen MR) is 149 cm³/mol. The molecule has 1 saturated heterocycles. The number of benzene rings is 2. The molecule has 1 heterocycles. The summed E-state index contributed by atoms with van der Waals surface area (Å²) in [5.74, 6) is -4.14. The Hall–Kier alpha value is -4.09. The SMILES string of the molecule is CCCCO[C@@H]1C(COC(=O)C(=O)c2ccccc2)O[C@@H](OC(=O)C(=O)c2ccccc2)C(N=[N+]=[N-])[C@H]1OCCCC. The molecular weight excluding hydrogens is 546 g/mol. The van der Waals surface area contributed by atoms with Gasteiger partial charge in [0, 0.05) is 29.3 Å². The number of hydrogen-bond acceptors (Lipinski definition) is 10. The van der Waals surface area contributed by atoms with Gasteiger partial charge in [-0.05, 0) is 18.4 Å². The van der Waals surface area contributed by atoms with E-state index >= 15 is 0 Å². The first-order chi connectivity index (χ1) is 20.4. The van der Waals surface area contributed by atoms with E-state index in [4.69, 9.17) is 23.7 Å². The molecule has 2 aromatic carbocycles. The summed E-state index contributed by atoms with van der Waals surface area (Å²) in [6.07, 6.45) is -1.61. The van der Waals surface area contributed by atoms with Crippen LogP contribution in [0.5, 0.6) is 0 Å². The van der Waals surface area contributed by atoms with Crippen LogP contribution in [0.25, 0.3) is 10.4 Å². The van der Waals surface area contributed by atoms with Crippen LogP contribution in [-0.2, 0) is 33.3 Å². The number of nitrogens with zero attached hydrogens (tertiary/aromatic N) is 3. The highest BCUT2D eigenvalue weighted by Crippen LogP contribution is 2.30. The van der Waals surface area contributed by atoms with Gasteiger partial charge in [-0.2, -0.15) is 0 Å². The highest BCUT2D eigenvalue weighted by atomic mass is 16.7. The number of hydrogen-bond donors (Lipinski definition) is 0. The lowest BCUT2D eigenvalue weighted by Crippen LogP contribution is -2.61. The average molecular weight is 582 g/mol. The second-order valence-electron chi connectivity index (χ2n) is 9.51. The fourth-order valence-corrected chi connectivity index (χ4v) is 4.22. The minimum atomic E-state index is -1.58. The van der Waals surface area contributed by atoms with Gasteiger partial charge in [-0.3, -0.25) is 9.59 Å². The van der Waals surface area contributed by atoms with Crippen LogP contribution < -0.4 is 0 Å². The molecule has 12 heteroatoms. The zero-order chi connectivity index (χ0) is 30.3. The van der Waals surface area contributed by atoms with E-state index < -0.39 is 60.8 Å². The molecule has 0 saturated carbocycles. The second-order valence-corrected chi connectivity index (χ2v) is 9.51. The number of unbranched alkanes of at least 4 members (excludes halogenated alkanes) is 2. The Bertz CT molecular complexity index is 1240. The minimum Gasteiger partial charge on any atom is -0.457 e. The number of carbonyl (C=O) groups excluding carboxylic acids is 4. The maximum absolute atomic E-state index is 12.9. The van der Waals surface area contributed by atoms with Gasteiger partial charge in [0.2, 0.25) is 6.29 Å². The average Bonchev–Trinajstić information content (AvgIpc) is 3.02. The van der Waals surface area contributed by atoms with Crippen LogP contribution in [0, 0.1) is 0 Å². The van der Waals surface area contributed by atoms with Crippen molar-refractivity contribution in [3.63, 3.8) is 0 Å². The van der Waals surface area contributed by atoms with E-state index in [1.807, 2.05) is 13.8 Å². The van der Waals surface area contributed by atoms with Gasteiger partial charge < -0.3 is 23.7 Å². The van der Waals surface area contributed by atoms with Gasteiger partial charge in [0.15, 0.2) is 0 Å². The van der Waals surface area contributed by atoms with E-state index in [0.29, 0.717) is 12.8 Å². The Morgan fingerprint density at radius 1 is 0.810 bits per heavy atom. The number of Topliss-reactive ketones (excluding diaryl/α,β-unsaturated/α-hetero) is 2. The molecule has 42 heavy (non-hydrogen) atoms. The number of rotatable bonds is 16. The van der Waals surface area contributed by atoms with Crippen molar-refractivity contribution in [3.8, 4) is 0 Å². The lowest BCUT2D eigenvalue weighted by Gasteiger charge is -2.44. The number of ketones is 2. The Morgan fingerprint density at radius 2 is 1.33 bits per heavy atom. The standard InChI is InChI=1S/C30H35N3O9/c1-3-5-17-38-26-22(19-40-28(36)24(34)20-13-9-7-10-14-20)41-30(23(32-33-31)27(26)39-18-6-4-2)42-29(37)25(35)21-15-11-8-12-16-21/h7-16,22-23,26-27,30H,3-6,17-19H2,1-2H3/t22?,23?,26-,27-,30+/m1/s1. The zero-order valence-corrected chi connectivity index (χ0v) is 23.6. The van der Waals surface area contributed by atoms with E-state index in [9.17, 15) is 24.7 Å². The second kappa shape index (κ2) is 17.0. The van der Waals surface area contributed by atoms with Crippen LogP contribution in [0.3, 0.4) is 0 Å². The third-order valence-electron chi connectivity index (χ3n) is 6.46. The third-order valence-corrected chi connectivity index (χ3v) is 6.46. The highest BCUT2D eigenvalue weighted by molar-refractivity contribution is 6.41. The molecule has 0 N–H and O–H groups in total. The van der Waals surface area contributed by atoms with Crippen molar-refractivity contribution in [2.75, 3.05) is 19.8 Å². The van der Waals surface area contributed by atoms with E-state index in [1.165, 1.54) is 24.3 Å². The smallest absolute Gasteiger partial charge is 0.381 e. The summed E-state index contributed by atoms with van der Waals surface area (Å²) < 4.78 is 28.9. The maximum atomic E-state index is 12.9. The minimum absolute atomic E-state index is 0.0973. The Morgan fingerprint density at radius 3 is 1.86 bits per heavy atom. The molecule has 3 rings (SSSR count). The summed E-state index contributed by atoms with van der Waals surface area (Å²) in [5.41, 5.74) is 9.60. The molecule has 224 valence electrons. The summed E-state index contributed by atoms with van der Waals surface area (Å²) in [6, 6.07) is 14.5. The number of ether oxygens (including phenoxy) is 5. The van der Waals surface area contributed by atoms with Crippen LogP contribution >= 0.6 is 0 Å². The molecule has 0 radical (unpaired) electrons. The molecule has 5 atom stereocenters. The van der Waals surface area contributed by atoms with Crippen LogP contribution in [-0.4, -0.2) is 74.0 Å². The fraction of sp³-hybridized carbons (Fsp3) is 0.467. The fourth-order valence-electron chi connectivity index (χ4n) is 4.22. The molecule has 12 nitrogen and oxygen atoms in total. The highest BCUT2D eigenvalue weighted by Gasteiger charge is 2.50. The van der Waals surface area contributed by atoms with Crippen molar-refractivity contribution in [1.29, 1.82) is 0 Å². The molecule has 1 aliphatic heterocycles. The zero-order valence-electron chi connectivity index (χ0n) is 23.6. The molecule has 0 spiro atoms. The van der Waals surface area contributed by atoms with Gasteiger partial charge in [0.1, 0.15) is 31.0 Å². The first-order valence-electron chi connectivity index (χ1n) is 13.9. The third kappa shape index (κ3) is 8.95. The van der Waals surface area contributed by atoms with Crippen LogP contribution in [0.2, 0.25) is 0 Å². The van der Waals surface area contributed by atoms with Gasteiger partial charge in [-0.15, -0.1) is 0 Å². The molecule has 1 fully saturated rings. The van der Waals surface area contributed by atoms with Gasteiger partial charge in [0.05, 0.1) is 0 Å². The Kier molecular flexibility index (Phi) is 13.1. The van der Waals surface area contributed by atoms with Crippen molar-refractivity contribution in [2.24, 2.45) is 5.11 Å². The molecule has 0 amide bonds. The van der Waals surface area contributed by atoms with Crippen LogP contribution in [0.15, 0.2) is 65.8 Å². The lowest BCUT2D eigenvalue weighted by molar-refractivity contribution is -0.273. The molecule has 0 bridgehead atoms. The maximum Gasteiger partial charge on any atom is 0.381 e. The van der Waals surface area contributed by atoms with Crippen molar-refractivity contribution < 1.29 is 42.9 Å². The summed E-state index contributed by atoms with van der Waals surface area (Å²) >= 11 is 0. The van der Waals surface area contributed by atoms with Crippen molar-refractivity contribution in [1.82, 2.24) is 0 Å². The van der Waals surface area contributed by atoms with E-state index in [0.717, 1.165) is 12.8 Å². The topological polar surface area (TPSA) is 163 Å². The predicted octanol–water partition coefficient (Wildman–Crippen LogP) is 4.61. The van der Waals surface area contributed by atoms with Crippen LogP contribution in [0.1, 0.15) is 60.2 Å². The number of esters is 2. The Balaban J connectivity index is 1.88. The van der Waals surface area contributed by atoms with Crippen molar-refractivity contribution in [3.05, 3.63) is 82.2 Å². The van der Waals surface area contributed by atoms with E-state index in [2.05, 4.69) is 10.0 Å². The summed E-state index contributed by atoms with van der Waals surface area (Å²) in [4.78, 5) is 53.7. The molecule has 2 unspecified atom stereocenters. The van der Waals surface area contributed by atoms with Gasteiger partial charge in [-0.1, -0.05) is 92.5 Å². The molecule has 0 aromatic heterocycles. The number of azide groups is 1. The summed E-state index contributed by atoms with van der Waals surface area (Å²) in [6.45, 7) is 4.03. The molecular formula is C30H35N3O9. The van der Waals surface area contributed by atoms with Gasteiger partial charge in [-0.25, -0.2) is 9.59 Å². The normalized spacial score (nSPS) is 21.5. The largest absolute Gasteiger partial charge is 0.457 e. The number of carbonyl (C=O) groups is 4. The molecule has 0 aliphatic carbocycles. The molecule has 2 aromatic rings. The summed E-state index contributed by atoms with van der Waals surface area (Å²) in [5, 5.41) is 3.79. The van der Waals surface area contributed by atoms with Crippen molar-refractivity contribution in [2.45, 2.75) is 70.2 Å². The van der Waals surface area contributed by atoms with E-state index in [-0.39, 0.29) is 24.3 Å². The first kappa shape index (κ1) is 32.4. The molecule has 1 aliphatic rings. The monoisotopic (exact) mass is 581 g/mol.